The van der Waals surface area contributed by atoms with E-state index < -0.39 is 16.6 Å². The van der Waals surface area contributed by atoms with Crippen molar-refractivity contribution in [2.75, 3.05) is 26.4 Å². The quantitative estimate of drug-likeness (QED) is 0.365. The Labute approximate surface area is 128 Å². The summed E-state index contributed by atoms with van der Waals surface area (Å²) in [5, 5.41) is 0. The van der Waals surface area contributed by atoms with Gasteiger partial charge in [0, 0.05) is 13.2 Å². The summed E-state index contributed by atoms with van der Waals surface area (Å²) in [6.45, 7) is 16.6. The Morgan fingerprint density at radius 1 is 0.750 bits per heavy atom. The molecule has 5 heteroatoms. The third kappa shape index (κ3) is 8.57. The Morgan fingerprint density at radius 2 is 1.35 bits per heavy atom. The lowest BCUT2D eigenvalue weighted by Gasteiger charge is -2.27. The largest absolute Gasteiger partial charge is 0.418 e. The first-order chi connectivity index (χ1) is 9.45. The molecule has 3 nitrogen and oxygen atoms in total. The molecule has 0 aromatic rings. The van der Waals surface area contributed by atoms with Gasteiger partial charge in [-0.05, 0) is 50.6 Å². The number of hydrogen-bond acceptors (Lipinski definition) is 3. The van der Waals surface area contributed by atoms with Crippen molar-refractivity contribution in [1.82, 2.24) is 0 Å². The highest BCUT2D eigenvalue weighted by atomic mass is 28.4. The van der Waals surface area contributed by atoms with Crippen molar-refractivity contribution in [1.29, 1.82) is 0 Å². The summed E-state index contributed by atoms with van der Waals surface area (Å²) in [6, 6.07) is 4.83. The van der Waals surface area contributed by atoms with Crippen LogP contribution in [0.1, 0.15) is 34.1 Å². The second-order valence-electron chi connectivity index (χ2n) is 6.00. The molecule has 0 unspecified atom stereocenters. The molecule has 20 heavy (non-hydrogen) atoms. The zero-order valence-electron chi connectivity index (χ0n) is 14.6. The van der Waals surface area contributed by atoms with Crippen LogP contribution in [0, 0.1) is 0 Å². The molecule has 0 amide bonds. The fourth-order valence-corrected chi connectivity index (χ4v) is 7.09. The van der Waals surface area contributed by atoms with E-state index in [-0.39, 0.29) is 0 Å². The molecule has 0 spiro atoms. The molecule has 122 valence electrons. The third-order valence-corrected chi connectivity index (χ3v) is 11.5. The number of rotatable bonds is 13. The third-order valence-electron chi connectivity index (χ3n) is 4.17. The molecule has 0 N–H and O–H groups in total. The molecule has 0 aromatic carbocycles. The summed E-state index contributed by atoms with van der Waals surface area (Å²) in [6.07, 6.45) is 1.11. The first kappa shape index (κ1) is 20.3. The van der Waals surface area contributed by atoms with E-state index in [4.69, 9.17) is 13.6 Å². The molecule has 0 aliphatic rings. The predicted octanol–water partition coefficient (Wildman–Crippen LogP) is 4.66. The standard InChI is InChI=1S/C15H36O3Si2/c1-7-17-19(5,6)15-11-12-16-13-14-18-20(8-2,9-3)10-4/h7-15H2,1-6H3. The van der Waals surface area contributed by atoms with Crippen LogP contribution in [0.2, 0.25) is 37.3 Å². The van der Waals surface area contributed by atoms with Crippen molar-refractivity contribution < 1.29 is 13.6 Å². The normalized spacial score (nSPS) is 12.9. The first-order valence-electron chi connectivity index (χ1n) is 8.31. The lowest BCUT2D eigenvalue weighted by molar-refractivity contribution is 0.0962. The molecule has 0 heterocycles. The van der Waals surface area contributed by atoms with Crippen LogP contribution in [0.4, 0.5) is 0 Å². The van der Waals surface area contributed by atoms with Crippen molar-refractivity contribution in [2.45, 2.75) is 71.4 Å². The number of ether oxygens (including phenoxy) is 1. The molecule has 0 saturated carbocycles. The van der Waals surface area contributed by atoms with E-state index in [1.807, 2.05) is 0 Å². The molecule has 0 bridgehead atoms. The van der Waals surface area contributed by atoms with E-state index in [1.165, 1.54) is 24.2 Å². The minimum Gasteiger partial charge on any atom is -0.418 e. The van der Waals surface area contributed by atoms with Gasteiger partial charge in [-0.2, -0.15) is 0 Å². The number of hydrogen-bond donors (Lipinski definition) is 0. The van der Waals surface area contributed by atoms with Crippen molar-refractivity contribution >= 4 is 16.6 Å². The van der Waals surface area contributed by atoms with Crippen molar-refractivity contribution in [3.05, 3.63) is 0 Å². The Morgan fingerprint density at radius 3 is 1.85 bits per heavy atom. The Hall–Kier alpha value is 0.314. The van der Waals surface area contributed by atoms with Gasteiger partial charge in [-0.1, -0.05) is 20.8 Å². The van der Waals surface area contributed by atoms with Gasteiger partial charge in [-0.25, -0.2) is 0 Å². The SMILES string of the molecule is CCO[Si](C)(C)CCCOCCO[Si](CC)(CC)CC. The Bertz CT molecular complexity index is 223. The Kier molecular flexibility index (Phi) is 11.1. The zero-order chi connectivity index (χ0) is 15.5. The highest BCUT2D eigenvalue weighted by Gasteiger charge is 2.28. The molecular formula is C15H36O3Si2. The van der Waals surface area contributed by atoms with Crippen LogP contribution in [-0.4, -0.2) is 43.1 Å². The molecule has 0 rings (SSSR count). The smallest absolute Gasteiger partial charge is 0.192 e. The summed E-state index contributed by atoms with van der Waals surface area (Å²) in [5.74, 6) is 0. The minimum absolute atomic E-state index is 0.741. The average Bonchev–Trinajstić information content (AvgIpc) is 2.42. The highest BCUT2D eigenvalue weighted by Crippen LogP contribution is 2.21. The van der Waals surface area contributed by atoms with Gasteiger partial charge in [0.1, 0.15) is 0 Å². The van der Waals surface area contributed by atoms with Crippen LogP contribution in [0.15, 0.2) is 0 Å². The van der Waals surface area contributed by atoms with E-state index in [2.05, 4.69) is 40.8 Å². The second-order valence-corrected chi connectivity index (χ2v) is 15.1. The van der Waals surface area contributed by atoms with Crippen molar-refractivity contribution in [3.63, 3.8) is 0 Å². The topological polar surface area (TPSA) is 27.7 Å². The molecule has 0 radical (unpaired) electrons. The molecule has 0 fully saturated rings. The molecule has 0 aromatic heterocycles. The zero-order valence-corrected chi connectivity index (χ0v) is 16.6. The molecule has 0 saturated heterocycles. The summed E-state index contributed by atoms with van der Waals surface area (Å²) >= 11 is 0. The van der Waals surface area contributed by atoms with Crippen LogP contribution < -0.4 is 0 Å². The molecule has 0 atom stereocenters. The van der Waals surface area contributed by atoms with Crippen LogP contribution in [0.3, 0.4) is 0 Å². The van der Waals surface area contributed by atoms with Crippen molar-refractivity contribution in [2.24, 2.45) is 0 Å². The van der Waals surface area contributed by atoms with Gasteiger partial charge >= 0.3 is 0 Å². The van der Waals surface area contributed by atoms with Gasteiger partial charge in [0.2, 0.25) is 0 Å². The predicted molar refractivity (Wildman–Crippen MR) is 92.5 cm³/mol. The van der Waals surface area contributed by atoms with Gasteiger partial charge in [-0.3, -0.25) is 0 Å². The summed E-state index contributed by atoms with van der Waals surface area (Å²) < 4.78 is 17.7. The summed E-state index contributed by atoms with van der Waals surface area (Å²) in [5.41, 5.74) is 0. The van der Waals surface area contributed by atoms with Crippen LogP contribution >= 0.6 is 0 Å². The van der Waals surface area contributed by atoms with E-state index in [1.54, 1.807) is 0 Å². The minimum atomic E-state index is -1.42. The average molecular weight is 321 g/mol. The lowest BCUT2D eigenvalue weighted by Crippen LogP contribution is -2.36. The maximum absolute atomic E-state index is 6.16. The van der Waals surface area contributed by atoms with Crippen LogP contribution in [0.25, 0.3) is 0 Å². The monoisotopic (exact) mass is 320 g/mol. The Balaban J connectivity index is 3.63. The van der Waals surface area contributed by atoms with Gasteiger partial charge in [0.15, 0.2) is 16.6 Å². The fourth-order valence-electron chi connectivity index (χ4n) is 2.54. The first-order valence-corrected chi connectivity index (χ1v) is 14.0. The van der Waals surface area contributed by atoms with Crippen LogP contribution in [-0.2, 0) is 13.6 Å². The summed E-state index contributed by atoms with van der Waals surface area (Å²) in [7, 11) is -2.84. The lowest BCUT2D eigenvalue weighted by atomic mass is 10.5. The van der Waals surface area contributed by atoms with Gasteiger partial charge in [-0.15, -0.1) is 0 Å². The molecular weight excluding hydrogens is 284 g/mol. The highest BCUT2D eigenvalue weighted by molar-refractivity contribution is 6.73. The molecule has 0 aliphatic heterocycles. The molecule has 0 aliphatic carbocycles. The second kappa shape index (κ2) is 11.0. The van der Waals surface area contributed by atoms with E-state index >= 15 is 0 Å². The van der Waals surface area contributed by atoms with Gasteiger partial charge < -0.3 is 13.6 Å². The van der Waals surface area contributed by atoms with E-state index in [0.717, 1.165) is 32.8 Å². The maximum Gasteiger partial charge on any atom is 0.192 e. The van der Waals surface area contributed by atoms with Gasteiger partial charge in [0.25, 0.3) is 0 Å². The van der Waals surface area contributed by atoms with E-state index in [9.17, 15) is 0 Å². The van der Waals surface area contributed by atoms with Gasteiger partial charge in [0.05, 0.1) is 13.2 Å². The maximum atomic E-state index is 6.16. The van der Waals surface area contributed by atoms with E-state index in [0.29, 0.717) is 0 Å². The fraction of sp³-hybridized carbons (Fsp3) is 1.00. The van der Waals surface area contributed by atoms with Crippen LogP contribution in [0.5, 0.6) is 0 Å². The summed E-state index contributed by atoms with van der Waals surface area (Å²) in [4.78, 5) is 0. The van der Waals surface area contributed by atoms with Crippen molar-refractivity contribution in [3.8, 4) is 0 Å².